The zero-order valence-corrected chi connectivity index (χ0v) is 8.69. The van der Waals surface area contributed by atoms with Crippen LogP contribution < -0.4 is 5.32 Å². The fourth-order valence-electron chi connectivity index (χ4n) is 2.04. The molecule has 12 heavy (non-hydrogen) atoms. The lowest BCUT2D eigenvalue weighted by atomic mass is 9.96. The Kier molecular flexibility index (Phi) is 3.53. The van der Waals surface area contributed by atoms with E-state index < -0.39 is 0 Å². The quantitative estimate of drug-likeness (QED) is 0.690. The van der Waals surface area contributed by atoms with Crippen LogP contribution in [0.15, 0.2) is 0 Å². The van der Waals surface area contributed by atoms with Crippen LogP contribution in [0.4, 0.5) is 0 Å². The summed E-state index contributed by atoms with van der Waals surface area (Å²) in [6.45, 7) is 11.7. The van der Waals surface area contributed by atoms with Crippen molar-refractivity contribution in [2.75, 3.05) is 26.2 Å². The molecule has 1 N–H and O–H groups in total. The Labute approximate surface area is 76.3 Å². The van der Waals surface area contributed by atoms with E-state index in [9.17, 15) is 0 Å². The van der Waals surface area contributed by atoms with Crippen LogP contribution in [-0.4, -0.2) is 36.6 Å². The lowest BCUT2D eigenvalue weighted by Crippen LogP contribution is -2.53. The molecule has 0 saturated carbocycles. The van der Waals surface area contributed by atoms with Gasteiger partial charge in [0, 0.05) is 31.7 Å². The van der Waals surface area contributed by atoms with Crippen molar-refractivity contribution in [1.82, 2.24) is 10.2 Å². The summed E-state index contributed by atoms with van der Waals surface area (Å²) in [7, 11) is 0. The van der Waals surface area contributed by atoms with Crippen molar-refractivity contribution < 1.29 is 0 Å². The first kappa shape index (κ1) is 10.0. The van der Waals surface area contributed by atoms with E-state index in [1.807, 2.05) is 0 Å². The first-order chi connectivity index (χ1) is 5.67. The minimum absolute atomic E-state index is 0.414. The van der Waals surface area contributed by atoms with Crippen molar-refractivity contribution in [2.45, 2.75) is 39.2 Å². The van der Waals surface area contributed by atoms with Gasteiger partial charge in [0.2, 0.25) is 0 Å². The predicted molar refractivity (Wildman–Crippen MR) is 53.4 cm³/mol. The molecule has 0 bridgehead atoms. The van der Waals surface area contributed by atoms with Gasteiger partial charge in [0.25, 0.3) is 0 Å². The fraction of sp³-hybridized carbons (Fsp3) is 1.00. The molecule has 0 aliphatic carbocycles. The minimum Gasteiger partial charge on any atom is -0.314 e. The molecular formula is C10H22N2. The first-order valence-electron chi connectivity index (χ1n) is 5.12. The number of rotatable bonds is 3. The molecule has 0 aromatic carbocycles. The zero-order valence-electron chi connectivity index (χ0n) is 8.69. The molecule has 1 fully saturated rings. The first-order valence-corrected chi connectivity index (χ1v) is 5.12. The van der Waals surface area contributed by atoms with E-state index in [1.54, 1.807) is 0 Å². The molecule has 1 aliphatic rings. The van der Waals surface area contributed by atoms with Gasteiger partial charge in [-0.15, -0.1) is 0 Å². The predicted octanol–water partition coefficient (Wildman–Crippen LogP) is 1.47. The Morgan fingerprint density at radius 2 is 1.83 bits per heavy atom. The van der Waals surface area contributed by atoms with Gasteiger partial charge in [-0.25, -0.2) is 0 Å². The largest absolute Gasteiger partial charge is 0.314 e. The highest BCUT2D eigenvalue weighted by Crippen LogP contribution is 2.20. The Hall–Kier alpha value is -0.0800. The molecule has 0 radical (unpaired) electrons. The van der Waals surface area contributed by atoms with E-state index in [0.29, 0.717) is 5.54 Å². The van der Waals surface area contributed by atoms with Crippen LogP contribution in [-0.2, 0) is 0 Å². The van der Waals surface area contributed by atoms with Gasteiger partial charge in [0.15, 0.2) is 0 Å². The van der Waals surface area contributed by atoms with Crippen molar-refractivity contribution in [3.8, 4) is 0 Å². The van der Waals surface area contributed by atoms with Crippen molar-refractivity contribution in [3.63, 3.8) is 0 Å². The van der Waals surface area contributed by atoms with Crippen LogP contribution in [0, 0.1) is 0 Å². The number of nitrogens with one attached hydrogen (secondary N) is 1. The van der Waals surface area contributed by atoms with E-state index in [1.165, 1.54) is 25.9 Å². The number of hydrogen-bond donors (Lipinski definition) is 1. The number of piperazine rings is 1. The molecule has 1 heterocycles. The average Bonchev–Trinajstić information content (AvgIpc) is 2.06. The normalized spacial score (nSPS) is 21.2. The second-order valence-electron chi connectivity index (χ2n) is 4.30. The molecule has 1 aliphatic heterocycles. The number of nitrogens with zero attached hydrogens (tertiary/aromatic N) is 1. The van der Waals surface area contributed by atoms with Crippen molar-refractivity contribution >= 4 is 0 Å². The van der Waals surface area contributed by atoms with Gasteiger partial charge in [-0.05, 0) is 20.3 Å². The lowest BCUT2D eigenvalue weighted by Gasteiger charge is -2.41. The highest BCUT2D eigenvalue weighted by Gasteiger charge is 2.26. The third kappa shape index (κ3) is 2.46. The highest BCUT2D eigenvalue weighted by atomic mass is 15.2. The summed E-state index contributed by atoms with van der Waals surface area (Å²) >= 11 is 0. The van der Waals surface area contributed by atoms with Gasteiger partial charge in [0.1, 0.15) is 0 Å². The molecule has 2 heteroatoms. The van der Waals surface area contributed by atoms with Gasteiger partial charge >= 0.3 is 0 Å². The summed E-state index contributed by atoms with van der Waals surface area (Å²) in [5, 5.41) is 3.39. The summed E-state index contributed by atoms with van der Waals surface area (Å²) in [5.74, 6) is 0. The molecule has 0 aromatic rings. The zero-order chi connectivity index (χ0) is 9.03. The lowest BCUT2D eigenvalue weighted by molar-refractivity contribution is 0.0950. The third-order valence-electron chi connectivity index (χ3n) is 2.83. The van der Waals surface area contributed by atoms with Crippen molar-refractivity contribution in [2.24, 2.45) is 0 Å². The highest BCUT2D eigenvalue weighted by molar-refractivity contribution is 4.83. The average molecular weight is 170 g/mol. The molecule has 0 aromatic heterocycles. The summed E-state index contributed by atoms with van der Waals surface area (Å²) in [5.41, 5.74) is 0.414. The van der Waals surface area contributed by atoms with Gasteiger partial charge in [-0.1, -0.05) is 13.3 Å². The molecule has 1 rings (SSSR count). The van der Waals surface area contributed by atoms with Crippen LogP contribution in [0.2, 0.25) is 0 Å². The summed E-state index contributed by atoms with van der Waals surface area (Å²) in [6.07, 6.45) is 2.60. The Balaban J connectivity index is 2.41. The van der Waals surface area contributed by atoms with Crippen LogP contribution in [0.1, 0.15) is 33.6 Å². The smallest absolute Gasteiger partial charge is 0.0154 e. The third-order valence-corrected chi connectivity index (χ3v) is 2.83. The molecule has 0 atom stereocenters. The second kappa shape index (κ2) is 4.24. The number of hydrogen-bond acceptors (Lipinski definition) is 2. The van der Waals surface area contributed by atoms with E-state index in [0.717, 1.165) is 13.1 Å². The molecular weight excluding hydrogens is 148 g/mol. The van der Waals surface area contributed by atoms with Crippen molar-refractivity contribution in [3.05, 3.63) is 0 Å². The Bertz CT molecular complexity index is 126. The van der Waals surface area contributed by atoms with Crippen LogP contribution in [0.25, 0.3) is 0 Å². The van der Waals surface area contributed by atoms with E-state index in [-0.39, 0.29) is 0 Å². The van der Waals surface area contributed by atoms with Crippen LogP contribution in [0.3, 0.4) is 0 Å². The standard InChI is InChI=1S/C10H22N2/c1-4-5-10(2,3)12-8-6-11-7-9-12/h11H,4-9H2,1-3H3. The molecule has 0 amide bonds. The van der Waals surface area contributed by atoms with Gasteiger partial charge < -0.3 is 5.32 Å². The molecule has 0 spiro atoms. The molecule has 0 unspecified atom stereocenters. The van der Waals surface area contributed by atoms with E-state index in [4.69, 9.17) is 0 Å². The molecule has 72 valence electrons. The summed E-state index contributed by atoms with van der Waals surface area (Å²) in [4.78, 5) is 2.60. The van der Waals surface area contributed by atoms with E-state index >= 15 is 0 Å². The van der Waals surface area contributed by atoms with Crippen molar-refractivity contribution in [1.29, 1.82) is 0 Å². The Morgan fingerprint density at radius 1 is 1.25 bits per heavy atom. The minimum atomic E-state index is 0.414. The van der Waals surface area contributed by atoms with E-state index in [2.05, 4.69) is 31.0 Å². The van der Waals surface area contributed by atoms with Crippen LogP contribution in [0.5, 0.6) is 0 Å². The summed E-state index contributed by atoms with van der Waals surface area (Å²) < 4.78 is 0. The molecule has 2 nitrogen and oxygen atoms in total. The molecule has 1 saturated heterocycles. The Morgan fingerprint density at radius 3 is 2.33 bits per heavy atom. The fourth-order valence-corrected chi connectivity index (χ4v) is 2.04. The topological polar surface area (TPSA) is 15.3 Å². The van der Waals surface area contributed by atoms with Crippen LogP contribution >= 0.6 is 0 Å². The SMILES string of the molecule is CCCC(C)(C)N1CCNCC1. The maximum Gasteiger partial charge on any atom is 0.0154 e. The van der Waals surface area contributed by atoms with Gasteiger partial charge in [-0.2, -0.15) is 0 Å². The maximum absolute atomic E-state index is 3.39. The van der Waals surface area contributed by atoms with Gasteiger partial charge in [0.05, 0.1) is 0 Å². The maximum atomic E-state index is 3.39. The summed E-state index contributed by atoms with van der Waals surface area (Å²) in [6, 6.07) is 0. The monoisotopic (exact) mass is 170 g/mol. The van der Waals surface area contributed by atoms with Gasteiger partial charge in [-0.3, -0.25) is 4.90 Å². The second-order valence-corrected chi connectivity index (χ2v) is 4.30.